The van der Waals surface area contributed by atoms with Crippen molar-refractivity contribution in [2.24, 2.45) is 0 Å². The fourth-order valence-electron chi connectivity index (χ4n) is 2.08. The normalized spacial score (nSPS) is 11.6. The average Bonchev–Trinajstić information content (AvgIpc) is 2.41. The number of aromatic nitrogens is 2. The number of nitrogens with zero attached hydrogens (tertiary/aromatic N) is 2. The fourth-order valence-corrected chi connectivity index (χ4v) is 2.08. The smallest absolute Gasteiger partial charge is 0.294 e. The van der Waals surface area contributed by atoms with E-state index in [9.17, 15) is 13.6 Å². The molecule has 5 nitrogen and oxygen atoms in total. The van der Waals surface area contributed by atoms with Crippen molar-refractivity contribution in [3.63, 3.8) is 0 Å². The summed E-state index contributed by atoms with van der Waals surface area (Å²) in [5.41, 5.74) is -1.51. The molecule has 0 saturated carbocycles. The molecule has 0 radical (unpaired) electrons. The zero-order valence-electron chi connectivity index (χ0n) is 13.5. The molecule has 2 aromatic heterocycles. The summed E-state index contributed by atoms with van der Waals surface area (Å²) in [5, 5.41) is 2.74. The van der Waals surface area contributed by atoms with Gasteiger partial charge in [0.05, 0.1) is 11.4 Å². The van der Waals surface area contributed by atoms with Gasteiger partial charge in [-0.05, 0) is 33.8 Å². The minimum Gasteiger partial charge on any atom is -0.474 e. The third-order valence-corrected chi connectivity index (χ3v) is 2.94. The van der Waals surface area contributed by atoms with Crippen molar-refractivity contribution < 1.29 is 13.5 Å². The lowest BCUT2D eigenvalue weighted by Crippen LogP contribution is -2.23. The third-order valence-electron chi connectivity index (χ3n) is 2.94. The molecule has 0 atom stereocenters. The minimum atomic E-state index is -0.980. The monoisotopic (exact) mass is 323 g/mol. The van der Waals surface area contributed by atoms with Crippen LogP contribution in [-0.2, 0) is 11.2 Å². The van der Waals surface area contributed by atoms with Crippen molar-refractivity contribution in [3.8, 4) is 0 Å². The van der Waals surface area contributed by atoms with Crippen molar-refractivity contribution in [2.75, 3.05) is 5.32 Å². The lowest BCUT2D eigenvalue weighted by atomic mass is 10.2. The Morgan fingerprint density at radius 2 is 2.09 bits per heavy atom. The molecule has 0 amide bonds. The van der Waals surface area contributed by atoms with E-state index in [0.717, 1.165) is 10.5 Å². The number of hydrogen-bond acceptors (Lipinski definition) is 4. The highest BCUT2D eigenvalue weighted by Crippen LogP contribution is 2.18. The number of nitrogens with one attached hydrogen (secondary N) is 1. The highest BCUT2D eigenvalue weighted by molar-refractivity contribution is 5.53. The number of pyridine rings is 1. The Balaban J connectivity index is 2.47. The molecule has 0 fully saturated rings. The van der Waals surface area contributed by atoms with Crippen LogP contribution < -0.4 is 10.9 Å². The first-order chi connectivity index (χ1) is 10.6. The maximum absolute atomic E-state index is 14.2. The molecule has 0 bridgehead atoms. The molecule has 0 aliphatic carbocycles. The standard InChI is InChI=1S/C16H19F2N3O2/c1-6-12-13(18)15(22)21-8-10(7-11(17)14(21)20-12)19-9(2)23-16(3,4)5/h7-8,19H,2,6H2,1,3-5H3. The third kappa shape index (κ3) is 3.67. The number of fused-ring (bicyclic) bond motifs is 1. The molecular formula is C16H19F2N3O2. The largest absolute Gasteiger partial charge is 0.474 e. The lowest BCUT2D eigenvalue weighted by Gasteiger charge is -2.23. The maximum atomic E-state index is 14.2. The summed E-state index contributed by atoms with van der Waals surface area (Å²) in [7, 11) is 0. The van der Waals surface area contributed by atoms with Crippen LogP contribution in [-0.4, -0.2) is 15.0 Å². The molecule has 0 saturated heterocycles. The van der Waals surface area contributed by atoms with E-state index in [2.05, 4.69) is 16.9 Å². The van der Waals surface area contributed by atoms with Gasteiger partial charge in [0.1, 0.15) is 5.60 Å². The van der Waals surface area contributed by atoms with Crippen LogP contribution in [0.4, 0.5) is 14.5 Å². The second kappa shape index (κ2) is 5.98. The lowest BCUT2D eigenvalue weighted by molar-refractivity contribution is 0.0565. The summed E-state index contributed by atoms with van der Waals surface area (Å²) < 4.78 is 34.4. The van der Waals surface area contributed by atoms with Crippen molar-refractivity contribution in [2.45, 2.75) is 39.7 Å². The summed E-state index contributed by atoms with van der Waals surface area (Å²) in [6, 6.07) is 1.15. The topological polar surface area (TPSA) is 55.6 Å². The number of ether oxygens (including phenoxy) is 1. The molecular weight excluding hydrogens is 304 g/mol. The van der Waals surface area contributed by atoms with Crippen LogP contribution in [0.25, 0.3) is 5.65 Å². The van der Waals surface area contributed by atoms with E-state index in [4.69, 9.17) is 4.74 Å². The second-order valence-corrected chi connectivity index (χ2v) is 6.06. The molecule has 2 heterocycles. The molecule has 0 unspecified atom stereocenters. The van der Waals surface area contributed by atoms with Gasteiger partial charge in [-0.15, -0.1) is 0 Å². The summed E-state index contributed by atoms with van der Waals surface area (Å²) in [6.45, 7) is 10.8. The van der Waals surface area contributed by atoms with Crippen LogP contribution in [0.15, 0.2) is 29.5 Å². The van der Waals surface area contributed by atoms with Gasteiger partial charge in [0.2, 0.25) is 5.82 Å². The van der Waals surface area contributed by atoms with Crippen molar-refractivity contribution in [3.05, 3.63) is 52.4 Å². The Bertz CT molecular complexity index is 823. The Morgan fingerprint density at radius 3 is 2.65 bits per heavy atom. The quantitative estimate of drug-likeness (QED) is 0.878. The molecule has 2 rings (SSSR count). The molecule has 23 heavy (non-hydrogen) atoms. The fraction of sp³-hybridized carbons (Fsp3) is 0.375. The van der Waals surface area contributed by atoms with Gasteiger partial charge >= 0.3 is 0 Å². The number of anilines is 1. The first kappa shape index (κ1) is 16.9. The zero-order chi connectivity index (χ0) is 17.4. The molecule has 2 aromatic rings. The highest BCUT2D eigenvalue weighted by atomic mass is 19.1. The second-order valence-electron chi connectivity index (χ2n) is 6.06. The Labute approximate surface area is 132 Å². The first-order valence-electron chi connectivity index (χ1n) is 7.17. The van der Waals surface area contributed by atoms with Gasteiger partial charge in [0.15, 0.2) is 17.3 Å². The van der Waals surface area contributed by atoms with Crippen LogP contribution in [0, 0.1) is 11.6 Å². The van der Waals surface area contributed by atoms with E-state index in [0.29, 0.717) is 0 Å². The molecule has 1 N–H and O–H groups in total. The van der Waals surface area contributed by atoms with Gasteiger partial charge in [0.25, 0.3) is 5.56 Å². The average molecular weight is 323 g/mol. The molecule has 0 aliphatic rings. The van der Waals surface area contributed by atoms with Gasteiger partial charge in [-0.2, -0.15) is 4.39 Å². The van der Waals surface area contributed by atoms with Gasteiger partial charge in [0, 0.05) is 12.3 Å². The molecule has 0 spiro atoms. The van der Waals surface area contributed by atoms with Crippen LogP contribution in [0.3, 0.4) is 0 Å². The number of halogens is 2. The van der Waals surface area contributed by atoms with Crippen LogP contribution in [0.1, 0.15) is 33.4 Å². The van der Waals surface area contributed by atoms with E-state index in [-0.39, 0.29) is 29.3 Å². The van der Waals surface area contributed by atoms with E-state index in [1.54, 1.807) is 6.92 Å². The van der Waals surface area contributed by atoms with Gasteiger partial charge in [-0.1, -0.05) is 6.92 Å². The van der Waals surface area contributed by atoms with Crippen molar-refractivity contribution in [1.29, 1.82) is 0 Å². The molecule has 0 aromatic carbocycles. The van der Waals surface area contributed by atoms with Crippen molar-refractivity contribution in [1.82, 2.24) is 9.38 Å². The predicted molar refractivity (Wildman–Crippen MR) is 84.4 cm³/mol. The molecule has 124 valence electrons. The summed E-state index contributed by atoms with van der Waals surface area (Å²) >= 11 is 0. The van der Waals surface area contributed by atoms with Gasteiger partial charge in [-0.25, -0.2) is 9.37 Å². The summed E-state index contributed by atoms with van der Waals surface area (Å²) in [5.74, 6) is -1.54. The number of aryl methyl sites for hydroxylation is 1. The van der Waals surface area contributed by atoms with Gasteiger partial charge < -0.3 is 10.1 Å². The Morgan fingerprint density at radius 1 is 1.43 bits per heavy atom. The predicted octanol–water partition coefficient (Wildman–Crippen LogP) is 3.23. The van der Waals surface area contributed by atoms with E-state index in [1.807, 2.05) is 20.8 Å². The minimum absolute atomic E-state index is 0.0601. The van der Waals surface area contributed by atoms with E-state index < -0.39 is 22.8 Å². The van der Waals surface area contributed by atoms with Crippen molar-refractivity contribution >= 4 is 11.3 Å². The summed E-state index contributed by atoms with van der Waals surface area (Å²) in [4.78, 5) is 15.9. The molecule has 0 aliphatic heterocycles. The highest BCUT2D eigenvalue weighted by Gasteiger charge is 2.16. The maximum Gasteiger partial charge on any atom is 0.294 e. The zero-order valence-corrected chi connectivity index (χ0v) is 13.5. The Hall–Kier alpha value is -2.44. The SMILES string of the molecule is C=C(Nc1cc(F)c2nc(CC)c(F)c(=O)n2c1)OC(C)(C)C. The van der Waals surface area contributed by atoms with Crippen LogP contribution in [0.5, 0.6) is 0 Å². The number of rotatable bonds is 4. The van der Waals surface area contributed by atoms with E-state index >= 15 is 0 Å². The summed E-state index contributed by atoms with van der Waals surface area (Å²) in [6.07, 6.45) is 1.46. The van der Waals surface area contributed by atoms with Crippen LogP contribution >= 0.6 is 0 Å². The molecule has 7 heteroatoms. The van der Waals surface area contributed by atoms with E-state index in [1.165, 1.54) is 6.20 Å². The first-order valence-corrected chi connectivity index (χ1v) is 7.17. The Kier molecular flexibility index (Phi) is 4.40. The number of hydrogen-bond donors (Lipinski definition) is 1. The van der Waals surface area contributed by atoms with Gasteiger partial charge in [-0.3, -0.25) is 9.20 Å². The van der Waals surface area contributed by atoms with Crippen LogP contribution in [0.2, 0.25) is 0 Å².